The molecule has 1 aromatic heterocycles. The van der Waals surface area contributed by atoms with Crippen LogP contribution in [-0.2, 0) is 0 Å². The number of aromatic nitrogens is 3. The highest BCUT2D eigenvalue weighted by Crippen LogP contribution is 2.30. The third kappa shape index (κ3) is 3.71. The van der Waals surface area contributed by atoms with E-state index in [1.54, 1.807) is 0 Å². The Bertz CT molecular complexity index is 430. The minimum Gasteiger partial charge on any atom is -0.354 e. The summed E-state index contributed by atoms with van der Waals surface area (Å²) in [6, 6.07) is 0.617. The molecule has 2 rings (SSSR count). The highest BCUT2D eigenvalue weighted by atomic mass is 15.4. The molecule has 112 valence electrons. The summed E-state index contributed by atoms with van der Waals surface area (Å²) in [4.78, 5) is 17.9. The maximum atomic E-state index is 4.61. The van der Waals surface area contributed by atoms with E-state index >= 15 is 0 Å². The van der Waals surface area contributed by atoms with Crippen LogP contribution in [0.25, 0.3) is 0 Å². The van der Waals surface area contributed by atoms with E-state index in [2.05, 4.69) is 39.0 Å². The number of anilines is 3. The van der Waals surface area contributed by atoms with E-state index in [4.69, 9.17) is 0 Å². The van der Waals surface area contributed by atoms with Gasteiger partial charge in [-0.1, -0.05) is 13.8 Å². The molecule has 0 amide bonds. The molecule has 0 atom stereocenters. The number of hydrogen-bond donors (Lipinski definition) is 1. The maximum absolute atomic E-state index is 4.61. The first-order valence-electron chi connectivity index (χ1n) is 7.59. The molecule has 1 aliphatic rings. The Labute approximate surface area is 121 Å². The molecule has 20 heavy (non-hydrogen) atoms. The predicted molar refractivity (Wildman–Crippen MR) is 83.6 cm³/mol. The third-order valence-electron chi connectivity index (χ3n) is 3.25. The van der Waals surface area contributed by atoms with E-state index in [1.165, 1.54) is 12.8 Å². The van der Waals surface area contributed by atoms with E-state index in [9.17, 15) is 0 Å². The van der Waals surface area contributed by atoms with E-state index in [0.29, 0.717) is 12.0 Å². The van der Waals surface area contributed by atoms with Crippen LogP contribution in [0.4, 0.5) is 17.8 Å². The topological polar surface area (TPSA) is 57.2 Å². The normalized spacial score (nSPS) is 14.2. The van der Waals surface area contributed by atoms with E-state index in [0.717, 1.165) is 37.8 Å². The summed E-state index contributed by atoms with van der Waals surface area (Å²) in [6.45, 7) is 6.22. The Hall–Kier alpha value is -1.59. The van der Waals surface area contributed by atoms with Crippen molar-refractivity contribution in [2.24, 2.45) is 0 Å². The van der Waals surface area contributed by atoms with Gasteiger partial charge in [-0.15, -0.1) is 0 Å². The zero-order chi connectivity index (χ0) is 14.5. The first-order chi connectivity index (χ1) is 9.65. The number of nitrogens with one attached hydrogen (secondary N) is 1. The molecule has 1 fully saturated rings. The first-order valence-corrected chi connectivity index (χ1v) is 7.59. The van der Waals surface area contributed by atoms with Crippen LogP contribution >= 0.6 is 0 Å². The largest absolute Gasteiger partial charge is 0.354 e. The molecule has 0 bridgehead atoms. The fraction of sp³-hybridized carbons (Fsp3) is 0.786. The molecule has 1 saturated carbocycles. The summed E-state index contributed by atoms with van der Waals surface area (Å²) in [6.07, 6.45) is 4.66. The predicted octanol–water partition coefficient (Wildman–Crippen LogP) is 2.14. The molecule has 1 N–H and O–H groups in total. The zero-order valence-corrected chi connectivity index (χ0v) is 13.1. The molecule has 1 heterocycles. The number of rotatable bonds is 8. The summed E-state index contributed by atoms with van der Waals surface area (Å²) in [5, 5.41) is 3.27. The van der Waals surface area contributed by atoms with Crippen LogP contribution in [-0.4, -0.2) is 48.2 Å². The number of nitrogens with zero attached hydrogens (tertiary/aromatic N) is 5. The van der Waals surface area contributed by atoms with Gasteiger partial charge in [0.1, 0.15) is 0 Å². The van der Waals surface area contributed by atoms with Crippen LogP contribution in [0.5, 0.6) is 0 Å². The SMILES string of the molecule is CCCNc1nc(N(C)C)nc(N(CCC)C2CC2)n1. The molecular weight excluding hydrogens is 252 g/mol. The average molecular weight is 278 g/mol. The summed E-state index contributed by atoms with van der Waals surface area (Å²) in [7, 11) is 3.92. The Balaban J connectivity index is 2.26. The lowest BCUT2D eigenvalue weighted by Crippen LogP contribution is -2.30. The monoisotopic (exact) mass is 278 g/mol. The maximum Gasteiger partial charge on any atom is 0.232 e. The van der Waals surface area contributed by atoms with Crippen molar-refractivity contribution >= 4 is 17.8 Å². The molecular formula is C14H26N6. The molecule has 1 aliphatic carbocycles. The second kappa shape index (κ2) is 6.72. The van der Waals surface area contributed by atoms with Gasteiger partial charge in [0.25, 0.3) is 0 Å². The highest BCUT2D eigenvalue weighted by molar-refractivity contribution is 5.45. The summed E-state index contributed by atoms with van der Waals surface area (Å²) in [5.74, 6) is 2.21. The average Bonchev–Trinajstić information content (AvgIpc) is 3.26. The van der Waals surface area contributed by atoms with E-state index in [1.807, 2.05) is 19.0 Å². The van der Waals surface area contributed by atoms with Crippen LogP contribution in [0.1, 0.15) is 39.5 Å². The van der Waals surface area contributed by atoms with Gasteiger partial charge in [0.2, 0.25) is 17.8 Å². The van der Waals surface area contributed by atoms with Crippen molar-refractivity contribution in [2.75, 3.05) is 42.3 Å². The van der Waals surface area contributed by atoms with E-state index in [-0.39, 0.29) is 0 Å². The van der Waals surface area contributed by atoms with Gasteiger partial charge < -0.3 is 15.1 Å². The molecule has 6 heteroatoms. The molecule has 0 aliphatic heterocycles. The Kier molecular flexibility index (Phi) is 4.98. The molecule has 6 nitrogen and oxygen atoms in total. The van der Waals surface area contributed by atoms with Crippen molar-refractivity contribution in [1.29, 1.82) is 0 Å². The summed E-state index contributed by atoms with van der Waals surface area (Å²) < 4.78 is 0. The van der Waals surface area contributed by atoms with Gasteiger partial charge in [-0.2, -0.15) is 15.0 Å². The van der Waals surface area contributed by atoms with Crippen molar-refractivity contribution in [2.45, 2.75) is 45.6 Å². The van der Waals surface area contributed by atoms with Crippen molar-refractivity contribution in [3.8, 4) is 0 Å². The molecule has 1 aromatic rings. The van der Waals surface area contributed by atoms with Crippen LogP contribution in [0, 0.1) is 0 Å². The van der Waals surface area contributed by atoms with Crippen molar-refractivity contribution in [3.05, 3.63) is 0 Å². The fourth-order valence-electron chi connectivity index (χ4n) is 2.07. The first kappa shape index (κ1) is 14.8. The Morgan fingerprint density at radius 2 is 1.75 bits per heavy atom. The summed E-state index contributed by atoms with van der Waals surface area (Å²) in [5.41, 5.74) is 0. The van der Waals surface area contributed by atoms with Crippen molar-refractivity contribution in [1.82, 2.24) is 15.0 Å². The quantitative estimate of drug-likeness (QED) is 0.786. The van der Waals surface area contributed by atoms with Gasteiger partial charge in [0, 0.05) is 33.2 Å². The third-order valence-corrected chi connectivity index (χ3v) is 3.25. The highest BCUT2D eigenvalue weighted by Gasteiger charge is 2.31. The minimum absolute atomic E-state index is 0.617. The second-order valence-corrected chi connectivity index (χ2v) is 5.50. The van der Waals surface area contributed by atoms with Crippen LogP contribution in [0.3, 0.4) is 0 Å². The van der Waals surface area contributed by atoms with Crippen LogP contribution in [0.2, 0.25) is 0 Å². The smallest absolute Gasteiger partial charge is 0.232 e. The zero-order valence-electron chi connectivity index (χ0n) is 13.1. The van der Waals surface area contributed by atoms with Crippen molar-refractivity contribution < 1.29 is 0 Å². The molecule has 0 aromatic carbocycles. The lowest BCUT2D eigenvalue weighted by atomic mass is 10.4. The van der Waals surface area contributed by atoms with Gasteiger partial charge in [-0.25, -0.2) is 0 Å². The lowest BCUT2D eigenvalue weighted by Gasteiger charge is -2.23. The number of hydrogen-bond acceptors (Lipinski definition) is 6. The van der Waals surface area contributed by atoms with Gasteiger partial charge in [-0.05, 0) is 25.7 Å². The van der Waals surface area contributed by atoms with Crippen molar-refractivity contribution in [3.63, 3.8) is 0 Å². The van der Waals surface area contributed by atoms with Gasteiger partial charge in [-0.3, -0.25) is 0 Å². The van der Waals surface area contributed by atoms with Gasteiger partial charge in [0.05, 0.1) is 0 Å². The van der Waals surface area contributed by atoms with Gasteiger partial charge in [0.15, 0.2) is 0 Å². The Morgan fingerprint density at radius 1 is 1.05 bits per heavy atom. The van der Waals surface area contributed by atoms with Gasteiger partial charge >= 0.3 is 0 Å². The molecule has 0 unspecified atom stereocenters. The minimum atomic E-state index is 0.617. The lowest BCUT2D eigenvalue weighted by molar-refractivity contribution is 0.729. The van der Waals surface area contributed by atoms with Crippen LogP contribution in [0.15, 0.2) is 0 Å². The standard InChI is InChI=1S/C14H26N6/c1-5-9-15-12-16-13(19(3)4)18-14(17-12)20(10-6-2)11-7-8-11/h11H,5-10H2,1-4H3,(H,15,16,17,18). The fourth-order valence-corrected chi connectivity index (χ4v) is 2.07. The van der Waals surface area contributed by atoms with Crippen LogP contribution < -0.4 is 15.1 Å². The molecule has 0 saturated heterocycles. The van der Waals surface area contributed by atoms with E-state index < -0.39 is 0 Å². The molecule has 0 spiro atoms. The summed E-state index contributed by atoms with van der Waals surface area (Å²) >= 11 is 0. The Morgan fingerprint density at radius 3 is 2.30 bits per heavy atom. The molecule has 0 radical (unpaired) electrons. The second-order valence-electron chi connectivity index (χ2n) is 5.50.